The van der Waals surface area contributed by atoms with Crippen molar-refractivity contribution in [3.8, 4) is 22.8 Å². The second-order valence-corrected chi connectivity index (χ2v) is 12.6. The number of fused-ring (bicyclic) bond motifs is 2. The smallest absolute Gasteiger partial charge is 0.337 e. The zero-order valence-corrected chi connectivity index (χ0v) is 26.3. The molecule has 8 nitrogen and oxygen atoms in total. The van der Waals surface area contributed by atoms with Crippen molar-refractivity contribution in [2.45, 2.75) is 49.6 Å². The highest BCUT2D eigenvalue weighted by atomic mass is 32.2. The SMILES string of the molecule is COC(=O)c1ccc2c(c1)nc(-c1ccc3c(c1)nc(-c1ccc(SC)cc1)n3C1CCCC1)n2CCCN1CCOCC1. The van der Waals surface area contributed by atoms with Gasteiger partial charge in [-0.25, -0.2) is 14.8 Å². The Morgan fingerprint density at radius 1 is 0.886 bits per heavy atom. The number of hydrogen-bond donors (Lipinski definition) is 0. The predicted octanol–water partition coefficient (Wildman–Crippen LogP) is 7.07. The van der Waals surface area contributed by atoms with Gasteiger partial charge in [-0.2, -0.15) is 0 Å². The van der Waals surface area contributed by atoms with Gasteiger partial charge < -0.3 is 18.6 Å². The molecule has 0 N–H and O–H groups in total. The van der Waals surface area contributed by atoms with Gasteiger partial charge in [0.1, 0.15) is 11.6 Å². The van der Waals surface area contributed by atoms with Gasteiger partial charge in [0.2, 0.25) is 0 Å². The van der Waals surface area contributed by atoms with Crippen LogP contribution in [0.4, 0.5) is 0 Å². The molecule has 0 atom stereocenters. The molecule has 0 unspecified atom stereocenters. The number of carbonyl (C=O) groups excluding carboxylic acids is 1. The number of aromatic nitrogens is 4. The third-order valence-electron chi connectivity index (χ3n) is 9.11. The minimum Gasteiger partial charge on any atom is -0.465 e. The molecule has 5 aromatic rings. The molecule has 1 saturated carbocycles. The molecule has 0 radical (unpaired) electrons. The van der Waals surface area contributed by atoms with E-state index in [1.54, 1.807) is 11.8 Å². The average molecular weight is 610 g/mol. The van der Waals surface area contributed by atoms with Crippen LogP contribution >= 0.6 is 11.8 Å². The highest BCUT2D eigenvalue weighted by Crippen LogP contribution is 2.38. The van der Waals surface area contributed by atoms with Gasteiger partial charge in [0.15, 0.2) is 0 Å². The molecule has 0 amide bonds. The zero-order chi connectivity index (χ0) is 30.0. The van der Waals surface area contributed by atoms with Crippen molar-refractivity contribution >= 4 is 39.8 Å². The minimum absolute atomic E-state index is 0.354. The first kappa shape index (κ1) is 29.1. The number of benzene rings is 3. The largest absolute Gasteiger partial charge is 0.465 e. The Hall–Kier alpha value is -3.66. The number of aryl methyl sites for hydroxylation is 1. The molecule has 3 aromatic carbocycles. The van der Waals surface area contributed by atoms with E-state index >= 15 is 0 Å². The second kappa shape index (κ2) is 12.8. The van der Waals surface area contributed by atoms with Gasteiger partial charge in [-0.05, 0) is 74.0 Å². The van der Waals surface area contributed by atoms with E-state index in [2.05, 4.69) is 62.8 Å². The van der Waals surface area contributed by atoms with Gasteiger partial charge in [0.05, 0.1) is 48.0 Å². The number of ether oxygens (including phenoxy) is 2. The van der Waals surface area contributed by atoms with Crippen molar-refractivity contribution in [1.29, 1.82) is 0 Å². The number of nitrogens with zero attached hydrogens (tertiary/aromatic N) is 5. The third kappa shape index (κ3) is 5.64. The number of morpholine rings is 1. The number of esters is 1. The monoisotopic (exact) mass is 609 g/mol. The molecule has 1 aliphatic carbocycles. The van der Waals surface area contributed by atoms with Gasteiger partial charge in [0.25, 0.3) is 0 Å². The summed E-state index contributed by atoms with van der Waals surface area (Å²) in [6.07, 6.45) is 7.99. The van der Waals surface area contributed by atoms with Crippen LogP contribution in [0.1, 0.15) is 48.5 Å². The fourth-order valence-electron chi connectivity index (χ4n) is 6.81. The highest BCUT2D eigenvalue weighted by molar-refractivity contribution is 7.98. The molecular formula is C35H39N5O3S. The Kier molecular flexibility index (Phi) is 8.43. The molecule has 2 aliphatic rings. The van der Waals surface area contributed by atoms with Crippen molar-refractivity contribution in [2.24, 2.45) is 0 Å². The first-order valence-corrected chi connectivity index (χ1v) is 16.9. The number of imidazole rings is 2. The minimum atomic E-state index is -0.354. The molecule has 2 fully saturated rings. The van der Waals surface area contributed by atoms with E-state index in [0.717, 1.165) is 85.1 Å². The standard InChI is InChI=1S/C35H39N5O3S/c1-42-35(41)26-11-14-31-29(23-26)36-33(39(31)17-5-16-38-18-20-43-21-19-38)25-10-15-32-30(22-25)37-34(40(32)27-6-3-4-7-27)24-8-12-28(44-2)13-9-24/h8-15,22-23,27H,3-7,16-21H2,1-2H3. The summed E-state index contributed by atoms with van der Waals surface area (Å²) in [6.45, 7) is 5.37. The van der Waals surface area contributed by atoms with Crippen LogP contribution in [-0.4, -0.2) is 76.2 Å². The fourth-order valence-corrected chi connectivity index (χ4v) is 7.22. The van der Waals surface area contributed by atoms with Crippen molar-refractivity contribution in [1.82, 2.24) is 24.0 Å². The molecule has 9 heteroatoms. The van der Waals surface area contributed by atoms with Crippen LogP contribution in [0.15, 0.2) is 65.6 Å². The van der Waals surface area contributed by atoms with Crippen molar-refractivity contribution in [3.63, 3.8) is 0 Å². The summed E-state index contributed by atoms with van der Waals surface area (Å²) in [7, 11) is 1.41. The lowest BCUT2D eigenvalue weighted by Crippen LogP contribution is -2.37. The summed E-state index contributed by atoms with van der Waals surface area (Å²) >= 11 is 1.76. The maximum absolute atomic E-state index is 12.3. The number of hydrogen-bond acceptors (Lipinski definition) is 7. The Morgan fingerprint density at radius 2 is 1.59 bits per heavy atom. The van der Waals surface area contributed by atoms with Gasteiger partial charge in [-0.15, -0.1) is 11.8 Å². The number of carbonyl (C=O) groups is 1. The van der Waals surface area contributed by atoms with E-state index in [1.165, 1.54) is 43.2 Å². The van der Waals surface area contributed by atoms with Gasteiger partial charge >= 0.3 is 5.97 Å². The predicted molar refractivity (Wildman–Crippen MR) is 176 cm³/mol. The van der Waals surface area contributed by atoms with Crippen LogP contribution < -0.4 is 0 Å². The lowest BCUT2D eigenvalue weighted by Gasteiger charge is -2.26. The van der Waals surface area contributed by atoms with Crippen LogP contribution in [-0.2, 0) is 16.0 Å². The maximum atomic E-state index is 12.3. The summed E-state index contributed by atoms with van der Waals surface area (Å²) in [6, 6.07) is 21.5. The van der Waals surface area contributed by atoms with Crippen LogP contribution in [0.2, 0.25) is 0 Å². The van der Waals surface area contributed by atoms with E-state index in [0.29, 0.717) is 11.6 Å². The maximum Gasteiger partial charge on any atom is 0.337 e. The number of rotatable bonds is 9. The van der Waals surface area contributed by atoms with Gasteiger partial charge in [-0.1, -0.05) is 25.0 Å². The van der Waals surface area contributed by atoms with E-state index in [9.17, 15) is 4.79 Å². The van der Waals surface area contributed by atoms with E-state index in [-0.39, 0.29) is 5.97 Å². The third-order valence-corrected chi connectivity index (χ3v) is 9.86. The summed E-state index contributed by atoms with van der Waals surface area (Å²) in [5, 5.41) is 0. The Labute approximate surface area is 262 Å². The molecule has 2 aromatic heterocycles. The van der Waals surface area contributed by atoms with Crippen LogP contribution in [0.3, 0.4) is 0 Å². The fraction of sp³-hybridized carbons (Fsp3) is 0.400. The molecule has 0 bridgehead atoms. The van der Waals surface area contributed by atoms with Crippen molar-refractivity contribution in [2.75, 3.05) is 46.2 Å². The lowest BCUT2D eigenvalue weighted by molar-refractivity contribution is 0.0370. The topological polar surface area (TPSA) is 74.4 Å². The van der Waals surface area contributed by atoms with E-state index < -0.39 is 0 Å². The molecule has 228 valence electrons. The van der Waals surface area contributed by atoms with Crippen molar-refractivity contribution in [3.05, 3.63) is 66.2 Å². The lowest BCUT2D eigenvalue weighted by atomic mass is 10.1. The van der Waals surface area contributed by atoms with Crippen LogP contribution in [0, 0.1) is 0 Å². The number of thioether (sulfide) groups is 1. The molecule has 1 saturated heterocycles. The van der Waals surface area contributed by atoms with E-state index in [1.807, 2.05) is 18.2 Å². The first-order valence-electron chi connectivity index (χ1n) is 15.7. The summed E-state index contributed by atoms with van der Waals surface area (Å²) in [5.41, 5.74) is 6.65. The van der Waals surface area contributed by atoms with E-state index in [4.69, 9.17) is 19.4 Å². The van der Waals surface area contributed by atoms with Gasteiger partial charge in [-0.3, -0.25) is 4.90 Å². The normalized spacial score (nSPS) is 16.3. The molecule has 3 heterocycles. The molecule has 44 heavy (non-hydrogen) atoms. The summed E-state index contributed by atoms with van der Waals surface area (Å²) in [4.78, 5) is 26.4. The zero-order valence-electron chi connectivity index (χ0n) is 25.5. The second-order valence-electron chi connectivity index (χ2n) is 11.8. The molecule has 1 aliphatic heterocycles. The summed E-state index contributed by atoms with van der Waals surface area (Å²) in [5.74, 6) is 1.58. The first-order chi connectivity index (χ1) is 21.6. The summed E-state index contributed by atoms with van der Waals surface area (Å²) < 4.78 is 15.3. The highest BCUT2D eigenvalue weighted by Gasteiger charge is 2.24. The number of methoxy groups -OCH3 is 1. The average Bonchev–Trinajstić information content (AvgIpc) is 3.82. The van der Waals surface area contributed by atoms with Gasteiger partial charge in [0, 0.05) is 48.2 Å². The van der Waals surface area contributed by atoms with Crippen LogP contribution in [0.5, 0.6) is 0 Å². The molecule has 7 rings (SSSR count). The Morgan fingerprint density at radius 3 is 2.34 bits per heavy atom. The quantitative estimate of drug-likeness (QED) is 0.131. The Bertz CT molecular complexity index is 1780. The molecular weight excluding hydrogens is 570 g/mol. The van der Waals surface area contributed by atoms with Crippen LogP contribution in [0.25, 0.3) is 44.8 Å². The van der Waals surface area contributed by atoms with Crippen molar-refractivity contribution < 1.29 is 14.3 Å². The molecule has 0 spiro atoms. The Balaban J connectivity index is 1.30.